The van der Waals surface area contributed by atoms with E-state index in [1.54, 1.807) is 49.6 Å². The lowest BCUT2D eigenvalue weighted by Gasteiger charge is -2.05. The molecule has 1 heterocycles. The first kappa shape index (κ1) is 17.3. The van der Waals surface area contributed by atoms with Crippen LogP contribution in [0.3, 0.4) is 0 Å². The minimum Gasteiger partial charge on any atom is -0.497 e. The molecule has 0 aliphatic carbocycles. The maximum atomic E-state index is 12.0. The number of benzene rings is 2. The van der Waals surface area contributed by atoms with E-state index < -0.39 is 0 Å². The summed E-state index contributed by atoms with van der Waals surface area (Å²) >= 11 is 7.11. The number of thioether (sulfide) groups is 1. The van der Waals surface area contributed by atoms with Crippen molar-refractivity contribution >= 4 is 35.0 Å². The molecule has 0 unspecified atom stereocenters. The summed E-state index contributed by atoms with van der Waals surface area (Å²) in [6, 6.07) is 14.3. The lowest BCUT2D eigenvalue weighted by molar-refractivity contribution is -0.113. The van der Waals surface area contributed by atoms with Gasteiger partial charge in [-0.1, -0.05) is 35.5 Å². The van der Waals surface area contributed by atoms with Gasteiger partial charge in [-0.15, -0.1) is 10.2 Å². The smallest absolute Gasteiger partial charge is 0.277 e. The van der Waals surface area contributed by atoms with Gasteiger partial charge in [-0.3, -0.25) is 4.79 Å². The molecule has 8 heteroatoms. The van der Waals surface area contributed by atoms with Gasteiger partial charge >= 0.3 is 0 Å². The lowest BCUT2D eigenvalue weighted by Crippen LogP contribution is -2.13. The van der Waals surface area contributed by atoms with Crippen molar-refractivity contribution in [2.45, 2.75) is 5.22 Å². The number of carbonyl (C=O) groups is 1. The molecule has 0 radical (unpaired) electrons. The van der Waals surface area contributed by atoms with Gasteiger partial charge in [0.05, 0.1) is 12.9 Å². The number of amides is 1. The topological polar surface area (TPSA) is 77.2 Å². The van der Waals surface area contributed by atoms with Crippen LogP contribution in [0.2, 0.25) is 5.02 Å². The Morgan fingerprint density at radius 1 is 1.24 bits per heavy atom. The average molecular weight is 376 g/mol. The van der Waals surface area contributed by atoms with Gasteiger partial charge in [-0.25, -0.2) is 0 Å². The fraction of sp³-hybridized carbons (Fsp3) is 0.118. The van der Waals surface area contributed by atoms with Gasteiger partial charge in [-0.05, 0) is 30.3 Å². The van der Waals surface area contributed by atoms with Crippen LogP contribution < -0.4 is 10.1 Å². The number of ether oxygens (including phenoxy) is 1. The van der Waals surface area contributed by atoms with Gasteiger partial charge in [0.15, 0.2) is 0 Å². The molecule has 0 atom stereocenters. The summed E-state index contributed by atoms with van der Waals surface area (Å²) < 4.78 is 10.7. The highest BCUT2D eigenvalue weighted by Crippen LogP contribution is 2.25. The van der Waals surface area contributed by atoms with Crippen LogP contribution in [0.25, 0.3) is 11.5 Å². The van der Waals surface area contributed by atoms with Crippen LogP contribution in [0.15, 0.2) is 58.2 Å². The highest BCUT2D eigenvalue weighted by atomic mass is 35.5. The third kappa shape index (κ3) is 4.74. The third-order valence-electron chi connectivity index (χ3n) is 3.16. The van der Waals surface area contributed by atoms with Gasteiger partial charge in [0.1, 0.15) is 5.75 Å². The first-order valence-electron chi connectivity index (χ1n) is 7.30. The zero-order chi connectivity index (χ0) is 17.6. The number of anilines is 1. The van der Waals surface area contributed by atoms with Crippen molar-refractivity contribution in [1.29, 1.82) is 0 Å². The molecule has 3 aromatic rings. The summed E-state index contributed by atoms with van der Waals surface area (Å²) in [4.78, 5) is 12.0. The first-order valence-corrected chi connectivity index (χ1v) is 8.66. The van der Waals surface area contributed by atoms with Crippen molar-refractivity contribution in [3.05, 3.63) is 53.6 Å². The Labute approximate surface area is 153 Å². The zero-order valence-electron chi connectivity index (χ0n) is 13.2. The van der Waals surface area contributed by atoms with Crippen molar-refractivity contribution in [3.63, 3.8) is 0 Å². The molecule has 0 spiro atoms. The maximum absolute atomic E-state index is 12.0. The van der Waals surface area contributed by atoms with Gasteiger partial charge in [0.2, 0.25) is 11.8 Å². The summed E-state index contributed by atoms with van der Waals surface area (Å²) in [7, 11) is 1.57. The fourth-order valence-electron chi connectivity index (χ4n) is 2.03. The predicted molar refractivity (Wildman–Crippen MR) is 97.1 cm³/mol. The SMILES string of the molecule is COc1cccc(NC(=O)CSc2nnc(-c3cccc(Cl)c3)o2)c1. The van der Waals surface area contributed by atoms with Crippen LogP contribution in [-0.4, -0.2) is 29.0 Å². The summed E-state index contributed by atoms with van der Waals surface area (Å²) in [5, 5.41) is 11.6. The van der Waals surface area contributed by atoms with E-state index in [4.69, 9.17) is 20.8 Å². The minimum atomic E-state index is -0.180. The van der Waals surface area contributed by atoms with Crippen LogP contribution in [0.4, 0.5) is 5.69 Å². The molecule has 3 rings (SSSR count). The van der Waals surface area contributed by atoms with Gasteiger partial charge < -0.3 is 14.5 Å². The Morgan fingerprint density at radius 3 is 2.88 bits per heavy atom. The minimum absolute atomic E-state index is 0.147. The zero-order valence-corrected chi connectivity index (χ0v) is 14.8. The van der Waals surface area contributed by atoms with Crippen molar-refractivity contribution in [2.24, 2.45) is 0 Å². The summed E-state index contributed by atoms with van der Waals surface area (Å²) in [6.07, 6.45) is 0. The summed E-state index contributed by atoms with van der Waals surface area (Å²) in [5.41, 5.74) is 1.39. The monoisotopic (exact) mass is 375 g/mol. The Morgan fingerprint density at radius 2 is 2.08 bits per heavy atom. The van der Waals surface area contributed by atoms with E-state index in [0.29, 0.717) is 27.6 Å². The quantitative estimate of drug-likeness (QED) is 0.653. The van der Waals surface area contributed by atoms with E-state index in [-0.39, 0.29) is 11.7 Å². The van der Waals surface area contributed by atoms with Crippen LogP contribution >= 0.6 is 23.4 Å². The average Bonchev–Trinajstić information content (AvgIpc) is 3.09. The molecule has 0 fully saturated rings. The molecule has 0 bridgehead atoms. The third-order valence-corrected chi connectivity index (χ3v) is 4.21. The number of rotatable bonds is 6. The number of nitrogens with one attached hydrogen (secondary N) is 1. The Hall–Kier alpha value is -2.51. The van der Waals surface area contributed by atoms with Crippen LogP contribution in [0.1, 0.15) is 0 Å². The molecular formula is C17H14ClN3O3S. The predicted octanol–water partition coefficient (Wildman–Crippen LogP) is 4.13. The second kappa shape index (κ2) is 8.04. The van der Waals surface area contributed by atoms with E-state index in [1.807, 2.05) is 6.07 Å². The molecule has 0 aliphatic heterocycles. The molecule has 2 aromatic carbocycles. The molecule has 1 aromatic heterocycles. The van der Waals surface area contributed by atoms with Gasteiger partial charge in [0, 0.05) is 22.3 Å². The largest absolute Gasteiger partial charge is 0.497 e. The van der Waals surface area contributed by atoms with Crippen molar-refractivity contribution in [2.75, 3.05) is 18.2 Å². The number of aromatic nitrogens is 2. The normalized spacial score (nSPS) is 10.5. The van der Waals surface area contributed by atoms with E-state index in [1.165, 1.54) is 0 Å². The Balaban J connectivity index is 1.57. The molecule has 25 heavy (non-hydrogen) atoms. The van der Waals surface area contributed by atoms with Gasteiger partial charge in [0.25, 0.3) is 5.22 Å². The van der Waals surface area contributed by atoms with Gasteiger partial charge in [-0.2, -0.15) is 0 Å². The maximum Gasteiger partial charge on any atom is 0.277 e. The second-order valence-corrected chi connectivity index (χ2v) is 6.32. The molecule has 6 nitrogen and oxygen atoms in total. The van der Waals surface area contributed by atoms with Crippen molar-refractivity contribution in [1.82, 2.24) is 10.2 Å². The van der Waals surface area contributed by atoms with Crippen LogP contribution in [0.5, 0.6) is 5.75 Å². The second-order valence-electron chi connectivity index (χ2n) is 4.95. The highest BCUT2D eigenvalue weighted by molar-refractivity contribution is 7.99. The molecule has 1 amide bonds. The number of halogens is 1. The van der Waals surface area contributed by atoms with E-state index in [0.717, 1.165) is 17.3 Å². The first-order chi connectivity index (χ1) is 12.1. The molecule has 128 valence electrons. The summed E-state index contributed by atoms with van der Waals surface area (Å²) in [5.74, 6) is 1.00. The van der Waals surface area contributed by atoms with E-state index >= 15 is 0 Å². The van der Waals surface area contributed by atoms with Crippen molar-refractivity contribution < 1.29 is 13.9 Å². The van der Waals surface area contributed by atoms with E-state index in [2.05, 4.69) is 15.5 Å². The lowest BCUT2D eigenvalue weighted by atomic mass is 10.2. The number of carbonyl (C=O) groups excluding carboxylic acids is 1. The number of hydrogen-bond donors (Lipinski definition) is 1. The Bertz CT molecular complexity index is 885. The molecule has 0 saturated heterocycles. The van der Waals surface area contributed by atoms with Crippen LogP contribution in [0, 0.1) is 0 Å². The number of hydrogen-bond acceptors (Lipinski definition) is 6. The number of methoxy groups -OCH3 is 1. The van der Waals surface area contributed by atoms with Crippen molar-refractivity contribution in [3.8, 4) is 17.2 Å². The molecule has 0 aliphatic rings. The fourth-order valence-corrected chi connectivity index (χ4v) is 2.78. The molecule has 0 saturated carbocycles. The summed E-state index contributed by atoms with van der Waals surface area (Å²) in [6.45, 7) is 0. The van der Waals surface area contributed by atoms with E-state index in [9.17, 15) is 4.79 Å². The Kier molecular flexibility index (Phi) is 5.57. The molecular weight excluding hydrogens is 362 g/mol. The number of nitrogens with zero attached hydrogens (tertiary/aromatic N) is 2. The highest BCUT2D eigenvalue weighted by Gasteiger charge is 2.12. The standard InChI is InChI=1S/C17H14ClN3O3S/c1-23-14-7-3-6-13(9-14)19-15(22)10-25-17-21-20-16(24-17)11-4-2-5-12(18)8-11/h2-9H,10H2,1H3,(H,19,22). The van der Waals surface area contributed by atoms with Crippen LogP contribution in [-0.2, 0) is 4.79 Å². The molecule has 1 N–H and O–H groups in total.